The number of rotatable bonds is 7. The zero-order valence-electron chi connectivity index (χ0n) is 16.1. The van der Waals surface area contributed by atoms with Crippen molar-refractivity contribution in [3.8, 4) is 17.2 Å². The molecule has 0 saturated heterocycles. The van der Waals surface area contributed by atoms with Crippen LogP contribution in [0.25, 0.3) is 5.69 Å². The lowest BCUT2D eigenvalue weighted by Crippen LogP contribution is -2.14. The first kappa shape index (κ1) is 19.7. The summed E-state index contributed by atoms with van der Waals surface area (Å²) >= 11 is 1.27. The van der Waals surface area contributed by atoms with Crippen LogP contribution in [0.1, 0.15) is 11.1 Å². The molecule has 0 unspecified atom stereocenters. The van der Waals surface area contributed by atoms with E-state index in [2.05, 4.69) is 20.8 Å². The summed E-state index contributed by atoms with van der Waals surface area (Å²) in [7, 11) is 3.11. The summed E-state index contributed by atoms with van der Waals surface area (Å²) in [6.07, 6.45) is 0. The molecule has 28 heavy (non-hydrogen) atoms. The summed E-state index contributed by atoms with van der Waals surface area (Å²) in [6, 6.07) is 11.3. The van der Waals surface area contributed by atoms with Gasteiger partial charge in [0.2, 0.25) is 11.1 Å². The fourth-order valence-corrected chi connectivity index (χ4v) is 3.29. The molecule has 1 heterocycles. The maximum Gasteiger partial charge on any atom is 0.234 e. The molecule has 0 spiro atoms. The summed E-state index contributed by atoms with van der Waals surface area (Å²) in [4.78, 5) is 12.3. The van der Waals surface area contributed by atoms with E-state index >= 15 is 0 Å². The van der Waals surface area contributed by atoms with E-state index < -0.39 is 0 Å². The van der Waals surface area contributed by atoms with Gasteiger partial charge in [-0.25, -0.2) is 0 Å². The lowest BCUT2D eigenvalue weighted by atomic mass is 10.1. The molecule has 0 fully saturated rings. The Morgan fingerprint density at radius 3 is 2.64 bits per heavy atom. The van der Waals surface area contributed by atoms with Gasteiger partial charge in [0, 0.05) is 11.8 Å². The lowest BCUT2D eigenvalue weighted by Gasteiger charge is -2.11. The van der Waals surface area contributed by atoms with Gasteiger partial charge in [0.15, 0.2) is 11.5 Å². The molecule has 0 radical (unpaired) electrons. The van der Waals surface area contributed by atoms with E-state index in [1.165, 1.54) is 11.8 Å². The molecule has 3 aromatic rings. The van der Waals surface area contributed by atoms with Crippen LogP contribution in [0.2, 0.25) is 0 Å². The number of nitrogens with one attached hydrogen (secondary N) is 1. The van der Waals surface area contributed by atoms with Crippen LogP contribution in [0.15, 0.2) is 41.6 Å². The Bertz CT molecular complexity index is 989. The fourth-order valence-electron chi connectivity index (χ4n) is 2.61. The smallest absolute Gasteiger partial charge is 0.234 e. The Balaban J connectivity index is 1.68. The zero-order valence-corrected chi connectivity index (χ0v) is 16.9. The van der Waals surface area contributed by atoms with Crippen LogP contribution < -0.4 is 14.8 Å². The Morgan fingerprint density at radius 2 is 1.89 bits per heavy atom. The van der Waals surface area contributed by atoms with Crippen LogP contribution in [-0.4, -0.2) is 46.1 Å². The molecule has 1 aromatic heterocycles. The molecule has 0 aliphatic carbocycles. The molecule has 0 bridgehead atoms. The third kappa shape index (κ3) is 4.42. The van der Waals surface area contributed by atoms with Gasteiger partial charge >= 0.3 is 0 Å². The number of aromatic nitrogens is 4. The molecule has 0 atom stereocenters. The van der Waals surface area contributed by atoms with Crippen molar-refractivity contribution >= 4 is 23.4 Å². The van der Waals surface area contributed by atoms with Crippen molar-refractivity contribution < 1.29 is 14.3 Å². The van der Waals surface area contributed by atoms with Gasteiger partial charge in [-0.15, -0.1) is 5.10 Å². The van der Waals surface area contributed by atoms with Crippen LogP contribution >= 0.6 is 11.8 Å². The number of nitrogens with zero attached hydrogens (tertiary/aromatic N) is 4. The summed E-state index contributed by atoms with van der Waals surface area (Å²) < 4.78 is 12.1. The number of aryl methyl sites for hydroxylation is 2. The van der Waals surface area contributed by atoms with E-state index in [0.717, 1.165) is 16.8 Å². The topological polar surface area (TPSA) is 91.2 Å². The molecule has 9 heteroatoms. The standard InChI is InChI=1S/C19H21N5O3S/c1-12-5-6-13(2)15(9-12)24-19(21-22-23-24)28-11-18(25)20-14-7-8-16(26-3)17(10-14)27-4/h5-10H,11H2,1-4H3,(H,20,25). The zero-order chi connectivity index (χ0) is 20.1. The first-order valence-electron chi connectivity index (χ1n) is 8.52. The van der Waals surface area contributed by atoms with E-state index in [1.54, 1.807) is 37.1 Å². The molecule has 1 amide bonds. The Kier molecular flexibility index (Phi) is 6.15. The third-order valence-corrected chi connectivity index (χ3v) is 4.95. The Morgan fingerprint density at radius 1 is 1.11 bits per heavy atom. The molecule has 8 nitrogen and oxygen atoms in total. The number of carbonyl (C=O) groups excluding carboxylic acids is 1. The largest absolute Gasteiger partial charge is 0.493 e. The summed E-state index contributed by atoms with van der Waals surface area (Å²) in [5, 5.41) is 15.2. The minimum Gasteiger partial charge on any atom is -0.493 e. The summed E-state index contributed by atoms with van der Waals surface area (Å²) in [5.41, 5.74) is 3.68. The van der Waals surface area contributed by atoms with Crippen LogP contribution in [0, 0.1) is 13.8 Å². The normalized spacial score (nSPS) is 10.6. The van der Waals surface area contributed by atoms with Crippen LogP contribution in [0.5, 0.6) is 11.5 Å². The molecule has 1 N–H and O–H groups in total. The maximum atomic E-state index is 12.3. The second-order valence-electron chi connectivity index (χ2n) is 6.07. The molecular formula is C19H21N5O3S. The van der Waals surface area contributed by atoms with Crippen molar-refractivity contribution in [3.05, 3.63) is 47.5 Å². The SMILES string of the molecule is COc1ccc(NC(=O)CSc2nnnn2-c2cc(C)ccc2C)cc1OC. The summed E-state index contributed by atoms with van der Waals surface area (Å²) in [5.74, 6) is 1.14. The molecule has 0 aliphatic rings. The first-order chi connectivity index (χ1) is 13.5. The molecule has 0 saturated carbocycles. The van der Waals surface area contributed by atoms with E-state index in [1.807, 2.05) is 32.0 Å². The van der Waals surface area contributed by atoms with E-state index in [-0.39, 0.29) is 11.7 Å². The average Bonchev–Trinajstić information content (AvgIpc) is 3.16. The number of amides is 1. The number of benzene rings is 2. The van der Waals surface area contributed by atoms with Crippen molar-refractivity contribution in [2.75, 3.05) is 25.3 Å². The quantitative estimate of drug-likeness (QED) is 0.611. The van der Waals surface area contributed by atoms with Crippen molar-refractivity contribution in [2.24, 2.45) is 0 Å². The number of carbonyl (C=O) groups is 1. The van der Waals surface area contributed by atoms with E-state index in [4.69, 9.17) is 9.47 Å². The second-order valence-corrected chi connectivity index (χ2v) is 7.01. The minimum atomic E-state index is -0.173. The van der Waals surface area contributed by atoms with E-state index in [0.29, 0.717) is 22.3 Å². The number of methoxy groups -OCH3 is 2. The predicted octanol–water partition coefficient (Wildman–Crippen LogP) is 3.03. The van der Waals surface area contributed by atoms with Crippen LogP contribution in [-0.2, 0) is 4.79 Å². The van der Waals surface area contributed by atoms with Crippen LogP contribution in [0.4, 0.5) is 5.69 Å². The van der Waals surface area contributed by atoms with Gasteiger partial charge in [-0.1, -0.05) is 23.9 Å². The van der Waals surface area contributed by atoms with Gasteiger partial charge in [-0.05, 0) is 53.6 Å². The summed E-state index contributed by atoms with van der Waals surface area (Å²) in [6.45, 7) is 4.01. The molecule has 146 valence electrons. The number of thioether (sulfide) groups is 1. The van der Waals surface area contributed by atoms with Gasteiger partial charge in [0.1, 0.15) is 0 Å². The highest BCUT2D eigenvalue weighted by atomic mass is 32.2. The van der Waals surface area contributed by atoms with Crippen molar-refractivity contribution in [1.82, 2.24) is 20.2 Å². The molecule has 0 aliphatic heterocycles. The minimum absolute atomic E-state index is 0.166. The van der Waals surface area contributed by atoms with Crippen molar-refractivity contribution in [1.29, 1.82) is 0 Å². The maximum absolute atomic E-state index is 12.3. The number of tetrazole rings is 1. The first-order valence-corrected chi connectivity index (χ1v) is 9.51. The predicted molar refractivity (Wildman–Crippen MR) is 108 cm³/mol. The van der Waals surface area contributed by atoms with Crippen molar-refractivity contribution in [3.63, 3.8) is 0 Å². The highest BCUT2D eigenvalue weighted by Gasteiger charge is 2.14. The van der Waals surface area contributed by atoms with Gasteiger partial charge in [-0.2, -0.15) is 4.68 Å². The molecule has 3 rings (SSSR count). The Labute approximate surface area is 167 Å². The lowest BCUT2D eigenvalue weighted by molar-refractivity contribution is -0.113. The molecule has 2 aromatic carbocycles. The van der Waals surface area contributed by atoms with E-state index in [9.17, 15) is 4.79 Å². The van der Waals surface area contributed by atoms with Gasteiger partial charge < -0.3 is 14.8 Å². The fraction of sp³-hybridized carbons (Fsp3) is 0.263. The average molecular weight is 399 g/mol. The second kappa shape index (κ2) is 8.75. The highest BCUT2D eigenvalue weighted by Crippen LogP contribution is 2.30. The monoisotopic (exact) mass is 399 g/mol. The number of anilines is 1. The third-order valence-electron chi connectivity index (χ3n) is 4.03. The Hall–Kier alpha value is -3.07. The number of hydrogen-bond acceptors (Lipinski definition) is 7. The number of ether oxygens (including phenoxy) is 2. The van der Waals surface area contributed by atoms with Gasteiger partial charge in [0.05, 0.1) is 25.7 Å². The molecular weight excluding hydrogens is 378 g/mol. The van der Waals surface area contributed by atoms with Crippen molar-refractivity contribution in [2.45, 2.75) is 19.0 Å². The van der Waals surface area contributed by atoms with Crippen LogP contribution in [0.3, 0.4) is 0 Å². The number of hydrogen-bond donors (Lipinski definition) is 1. The highest BCUT2D eigenvalue weighted by molar-refractivity contribution is 7.99. The van der Waals surface area contributed by atoms with Gasteiger partial charge in [0.25, 0.3) is 0 Å². The van der Waals surface area contributed by atoms with Gasteiger partial charge in [-0.3, -0.25) is 4.79 Å².